The summed E-state index contributed by atoms with van der Waals surface area (Å²) in [5.41, 5.74) is 1.79. The second-order valence-corrected chi connectivity index (χ2v) is 4.97. The van der Waals surface area contributed by atoms with E-state index in [4.69, 9.17) is 0 Å². The Bertz CT molecular complexity index is 557. The van der Waals surface area contributed by atoms with Crippen molar-refractivity contribution in [2.75, 3.05) is 0 Å². The highest BCUT2D eigenvalue weighted by Gasteiger charge is 2.21. The van der Waals surface area contributed by atoms with Crippen molar-refractivity contribution in [3.05, 3.63) is 29.8 Å². The molecule has 0 atom stereocenters. The maximum absolute atomic E-state index is 13.2. The number of hydrogen-bond donors (Lipinski definition) is 1. The average molecular weight is 247 g/mol. The largest absolute Gasteiger partial charge is 0.327 e. The predicted octanol–water partition coefficient (Wildman–Crippen LogP) is 2.84. The van der Waals surface area contributed by atoms with Crippen molar-refractivity contribution in [1.82, 2.24) is 14.9 Å². The highest BCUT2D eigenvalue weighted by Crippen LogP contribution is 2.21. The van der Waals surface area contributed by atoms with E-state index in [0.717, 1.165) is 36.4 Å². The number of fused-ring (bicyclic) bond motifs is 1. The molecule has 0 saturated heterocycles. The van der Waals surface area contributed by atoms with Gasteiger partial charge in [-0.15, -0.1) is 0 Å². The standard InChI is InChI=1S/C14H18FN3/c1-2-7-18-13-6-3-10(15)8-12(13)17-14(18)9-16-11-4-5-11/h3,6,8,11,16H,2,4-5,7,9H2,1H3. The van der Waals surface area contributed by atoms with Gasteiger partial charge in [-0.25, -0.2) is 9.37 Å². The molecule has 1 aromatic heterocycles. The molecule has 3 rings (SSSR count). The van der Waals surface area contributed by atoms with Gasteiger partial charge in [0, 0.05) is 18.7 Å². The van der Waals surface area contributed by atoms with Crippen LogP contribution in [0.25, 0.3) is 11.0 Å². The van der Waals surface area contributed by atoms with Gasteiger partial charge in [0.1, 0.15) is 11.6 Å². The van der Waals surface area contributed by atoms with Crippen LogP contribution in [0.15, 0.2) is 18.2 Å². The van der Waals surface area contributed by atoms with Gasteiger partial charge in [0.05, 0.1) is 17.6 Å². The number of aromatic nitrogens is 2. The van der Waals surface area contributed by atoms with Crippen LogP contribution in [0, 0.1) is 5.82 Å². The van der Waals surface area contributed by atoms with Gasteiger partial charge < -0.3 is 9.88 Å². The Hall–Kier alpha value is -1.42. The molecule has 1 fully saturated rings. The topological polar surface area (TPSA) is 29.9 Å². The van der Waals surface area contributed by atoms with Crippen LogP contribution < -0.4 is 5.32 Å². The van der Waals surface area contributed by atoms with Crippen LogP contribution >= 0.6 is 0 Å². The van der Waals surface area contributed by atoms with E-state index in [1.807, 2.05) is 6.07 Å². The molecule has 0 spiro atoms. The van der Waals surface area contributed by atoms with E-state index in [2.05, 4.69) is 21.8 Å². The predicted molar refractivity (Wildman–Crippen MR) is 69.8 cm³/mol. The Balaban J connectivity index is 1.95. The SMILES string of the molecule is CCCn1c(CNC2CC2)nc2cc(F)ccc21. The lowest BCUT2D eigenvalue weighted by atomic mass is 10.3. The van der Waals surface area contributed by atoms with E-state index in [1.165, 1.54) is 25.0 Å². The lowest BCUT2D eigenvalue weighted by Crippen LogP contribution is -2.19. The summed E-state index contributed by atoms with van der Waals surface area (Å²) in [5.74, 6) is 0.801. The zero-order valence-corrected chi connectivity index (χ0v) is 10.6. The van der Waals surface area contributed by atoms with Gasteiger partial charge in [-0.05, 0) is 31.4 Å². The van der Waals surface area contributed by atoms with Crippen molar-refractivity contribution in [2.45, 2.75) is 45.3 Å². The van der Waals surface area contributed by atoms with E-state index in [1.54, 1.807) is 0 Å². The third-order valence-corrected chi connectivity index (χ3v) is 3.36. The van der Waals surface area contributed by atoms with Gasteiger partial charge >= 0.3 is 0 Å². The molecule has 0 radical (unpaired) electrons. The number of aryl methyl sites for hydroxylation is 1. The van der Waals surface area contributed by atoms with Crippen molar-refractivity contribution in [2.24, 2.45) is 0 Å². The third-order valence-electron chi connectivity index (χ3n) is 3.36. The van der Waals surface area contributed by atoms with E-state index in [0.29, 0.717) is 6.04 Å². The van der Waals surface area contributed by atoms with E-state index in [9.17, 15) is 4.39 Å². The molecule has 1 aliphatic carbocycles. The Labute approximate surface area is 106 Å². The first kappa shape index (κ1) is 11.7. The molecule has 0 amide bonds. The average Bonchev–Trinajstić information content (AvgIpc) is 3.12. The highest BCUT2D eigenvalue weighted by molar-refractivity contribution is 5.76. The second kappa shape index (κ2) is 4.69. The van der Waals surface area contributed by atoms with Crippen LogP contribution in [0.4, 0.5) is 4.39 Å². The number of halogens is 1. The fourth-order valence-corrected chi connectivity index (χ4v) is 2.28. The fraction of sp³-hybridized carbons (Fsp3) is 0.500. The maximum atomic E-state index is 13.2. The first-order valence-corrected chi connectivity index (χ1v) is 6.66. The molecule has 4 heteroatoms. The van der Waals surface area contributed by atoms with Crippen LogP contribution in [0.1, 0.15) is 32.0 Å². The summed E-state index contributed by atoms with van der Waals surface area (Å²) < 4.78 is 15.4. The molecule has 1 N–H and O–H groups in total. The quantitative estimate of drug-likeness (QED) is 0.880. The molecule has 3 nitrogen and oxygen atoms in total. The Morgan fingerprint density at radius 2 is 2.28 bits per heavy atom. The summed E-state index contributed by atoms with van der Waals surface area (Å²) in [7, 11) is 0. The molecular formula is C14H18FN3. The van der Waals surface area contributed by atoms with Gasteiger partial charge in [-0.3, -0.25) is 0 Å². The van der Waals surface area contributed by atoms with E-state index in [-0.39, 0.29) is 5.82 Å². The number of imidazole rings is 1. The Morgan fingerprint density at radius 3 is 3.00 bits per heavy atom. The molecular weight excluding hydrogens is 229 g/mol. The van der Waals surface area contributed by atoms with Crippen molar-refractivity contribution < 1.29 is 4.39 Å². The summed E-state index contributed by atoms with van der Waals surface area (Å²) in [6, 6.07) is 5.52. The lowest BCUT2D eigenvalue weighted by molar-refractivity contribution is 0.596. The third kappa shape index (κ3) is 2.25. The first-order chi connectivity index (χ1) is 8.78. The minimum Gasteiger partial charge on any atom is -0.327 e. The summed E-state index contributed by atoms with van der Waals surface area (Å²) in [6.07, 6.45) is 3.59. The van der Waals surface area contributed by atoms with Gasteiger partial charge in [-0.2, -0.15) is 0 Å². The van der Waals surface area contributed by atoms with Crippen molar-refractivity contribution in [3.8, 4) is 0 Å². The summed E-state index contributed by atoms with van der Waals surface area (Å²) in [4.78, 5) is 4.55. The molecule has 0 unspecified atom stereocenters. The van der Waals surface area contributed by atoms with Crippen LogP contribution in [0.3, 0.4) is 0 Å². The van der Waals surface area contributed by atoms with Crippen LogP contribution in [-0.2, 0) is 13.1 Å². The molecule has 0 bridgehead atoms. The van der Waals surface area contributed by atoms with Crippen LogP contribution in [-0.4, -0.2) is 15.6 Å². The minimum absolute atomic E-state index is 0.217. The second-order valence-electron chi connectivity index (χ2n) is 4.97. The minimum atomic E-state index is -0.217. The molecule has 96 valence electrons. The first-order valence-electron chi connectivity index (χ1n) is 6.66. The monoisotopic (exact) mass is 247 g/mol. The molecule has 2 aromatic rings. The zero-order chi connectivity index (χ0) is 12.5. The summed E-state index contributed by atoms with van der Waals surface area (Å²) in [5, 5.41) is 3.47. The zero-order valence-electron chi connectivity index (χ0n) is 10.6. The molecule has 1 aliphatic rings. The summed E-state index contributed by atoms with van der Waals surface area (Å²) in [6.45, 7) is 3.86. The lowest BCUT2D eigenvalue weighted by Gasteiger charge is -2.08. The van der Waals surface area contributed by atoms with Gasteiger partial charge in [0.25, 0.3) is 0 Å². The molecule has 1 aromatic carbocycles. The van der Waals surface area contributed by atoms with Gasteiger partial charge in [0.2, 0.25) is 0 Å². The molecule has 18 heavy (non-hydrogen) atoms. The number of nitrogens with one attached hydrogen (secondary N) is 1. The van der Waals surface area contributed by atoms with Crippen molar-refractivity contribution >= 4 is 11.0 Å². The number of hydrogen-bond acceptors (Lipinski definition) is 2. The smallest absolute Gasteiger partial charge is 0.125 e. The summed E-state index contributed by atoms with van der Waals surface area (Å²) >= 11 is 0. The number of nitrogens with zero attached hydrogens (tertiary/aromatic N) is 2. The van der Waals surface area contributed by atoms with Crippen molar-refractivity contribution in [3.63, 3.8) is 0 Å². The maximum Gasteiger partial charge on any atom is 0.125 e. The Kier molecular flexibility index (Phi) is 3.04. The van der Waals surface area contributed by atoms with Gasteiger partial charge in [0.15, 0.2) is 0 Å². The molecule has 0 aliphatic heterocycles. The normalized spacial score (nSPS) is 15.4. The van der Waals surface area contributed by atoms with E-state index >= 15 is 0 Å². The number of rotatable bonds is 5. The van der Waals surface area contributed by atoms with Crippen molar-refractivity contribution in [1.29, 1.82) is 0 Å². The van der Waals surface area contributed by atoms with Crippen LogP contribution in [0.5, 0.6) is 0 Å². The van der Waals surface area contributed by atoms with Gasteiger partial charge in [-0.1, -0.05) is 6.92 Å². The van der Waals surface area contributed by atoms with Crippen LogP contribution in [0.2, 0.25) is 0 Å². The fourth-order valence-electron chi connectivity index (χ4n) is 2.28. The van der Waals surface area contributed by atoms with E-state index < -0.39 is 0 Å². The number of benzene rings is 1. The highest BCUT2D eigenvalue weighted by atomic mass is 19.1. The Morgan fingerprint density at radius 1 is 1.44 bits per heavy atom. The molecule has 1 saturated carbocycles. The molecule has 1 heterocycles.